The highest BCUT2D eigenvalue weighted by Gasteiger charge is 2.26. The molecule has 0 spiro atoms. The van der Waals surface area contributed by atoms with Gasteiger partial charge in [-0.25, -0.2) is 4.98 Å². The van der Waals surface area contributed by atoms with Gasteiger partial charge in [0.2, 0.25) is 0 Å². The van der Waals surface area contributed by atoms with E-state index in [0.717, 1.165) is 59.6 Å². The first-order valence-electron chi connectivity index (χ1n) is 10.8. The van der Waals surface area contributed by atoms with Crippen LogP contribution in [0.15, 0.2) is 18.2 Å². The Bertz CT molecular complexity index is 1120. The Labute approximate surface area is 188 Å². The third-order valence-corrected chi connectivity index (χ3v) is 7.48. The van der Waals surface area contributed by atoms with Crippen molar-refractivity contribution in [1.29, 1.82) is 0 Å². The molecule has 164 valence electrons. The quantitative estimate of drug-likeness (QED) is 0.618. The maximum atomic E-state index is 13.2. The van der Waals surface area contributed by atoms with Gasteiger partial charge >= 0.3 is 0 Å². The Hall–Kier alpha value is -2.51. The topological polar surface area (TPSA) is 54.3 Å². The van der Waals surface area contributed by atoms with Crippen molar-refractivity contribution in [2.24, 2.45) is 7.05 Å². The molecular weight excluding hydrogens is 406 g/mol. The van der Waals surface area contributed by atoms with E-state index in [9.17, 15) is 4.79 Å². The van der Waals surface area contributed by atoms with Gasteiger partial charge in [0.1, 0.15) is 9.88 Å². The summed E-state index contributed by atoms with van der Waals surface area (Å²) in [6, 6.07) is 6.38. The van der Waals surface area contributed by atoms with Crippen LogP contribution >= 0.6 is 11.3 Å². The van der Waals surface area contributed by atoms with E-state index in [2.05, 4.69) is 55.9 Å². The van der Waals surface area contributed by atoms with Crippen LogP contribution in [0, 0.1) is 34.6 Å². The number of piperazine rings is 1. The van der Waals surface area contributed by atoms with Crippen LogP contribution in [0.3, 0.4) is 0 Å². The SMILES string of the molecule is Cc1ccc(-c2nc(C)c(C(=O)N3CCN(Cc4c(C)nn(C)c4C)CC3)s2)c(C)c1. The molecule has 1 saturated heterocycles. The van der Waals surface area contributed by atoms with Gasteiger partial charge < -0.3 is 4.90 Å². The molecule has 7 heteroatoms. The van der Waals surface area contributed by atoms with E-state index in [1.165, 1.54) is 33.7 Å². The van der Waals surface area contributed by atoms with E-state index in [1.54, 1.807) is 0 Å². The first kappa shape index (κ1) is 21.7. The van der Waals surface area contributed by atoms with E-state index in [0.29, 0.717) is 0 Å². The molecular formula is C24H31N5OS. The van der Waals surface area contributed by atoms with E-state index in [4.69, 9.17) is 4.98 Å². The summed E-state index contributed by atoms with van der Waals surface area (Å²) in [5.74, 6) is 0.111. The summed E-state index contributed by atoms with van der Waals surface area (Å²) in [6.45, 7) is 14.5. The highest BCUT2D eigenvalue weighted by atomic mass is 32.1. The van der Waals surface area contributed by atoms with Crippen molar-refractivity contribution in [2.75, 3.05) is 26.2 Å². The van der Waals surface area contributed by atoms with Crippen LogP contribution < -0.4 is 0 Å². The third-order valence-electron chi connectivity index (χ3n) is 6.30. The van der Waals surface area contributed by atoms with Crippen molar-refractivity contribution < 1.29 is 4.79 Å². The highest BCUT2D eigenvalue weighted by molar-refractivity contribution is 7.17. The average Bonchev–Trinajstić information content (AvgIpc) is 3.22. The Morgan fingerprint density at radius 3 is 2.35 bits per heavy atom. The van der Waals surface area contributed by atoms with Crippen molar-refractivity contribution in [3.8, 4) is 10.6 Å². The maximum absolute atomic E-state index is 13.2. The molecule has 2 aromatic heterocycles. The molecule has 0 atom stereocenters. The number of hydrogen-bond acceptors (Lipinski definition) is 5. The summed E-state index contributed by atoms with van der Waals surface area (Å²) < 4.78 is 1.95. The van der Waals surface area contributed by atoms with Gasteiger partial charge in [-0.1, -0.05) is 23.8 Å². The van der Waals surface area contributed by atoms with Gasteiger partial charge in [0.15, 0.2) is 0 Å². The molecule has 3 heterocycles. The minimum atomic E-state index is 0.111. The first-order valence-corrected chi connectivity index (χ1v) is 11.6. The van der Waals surface area contributed by atoms with Crippen LogP contribution in [-0.2, 0) is 13.6 Å². The number of nitrogens with zero attached hydrogens (tertiary/aromatic N) is 5. The highest BCUT2D eigenvalue weighted by Crippen LogP contribution is 2.31. The Morgan fingerprint density at radius 2 is 1.74 bits per heavy atom. The Morgan fingerprint density at radius 1 is 1.03 bits per heavy atom. The fraction of sp³-hybridized carbons (Fsp3) is 0.458. The number of thiazole rings is 1. The van der Waals surface area contributed by atoms with Crippen LogP contribution in [0.2, 0.25) is 0 Å². The molecule has 6 nitrogen and oxygen atoms in total. The molecule has 4 rings (SSSR count). The molecule has 1 aliphatic heterocycles. The molecule has 1 aliphatic rings. The number of benzene rings is 1. The van der Waals surface area contributed by atoms with Gasteiger partial charge in [0.05, 0.1) is 11.4 Å². The third kappa shape index (κ3) is 4.29. The van der Waals surface area contributed by atoms with E-state index in [1.807, 2.05) is 23.6 Å². The molecule has 0 unspecified atom stereocenters. The summed E-state index contributed by atoms with van der Waals surface area (Å²) in [5, 5.41) is 5.46. The van der Waals surface area contributed by atoms with Crippen LogP contribution in [-0.4, -0.2) is 56.7 Å². The summed E-state index contributed by atoms with van der Waals surface area (Å²) >= 11 is 1.52. The smallest absolute Gasteiger partial charge is 0.265 e. The molecule has 1 amide bonds. The maximum Gasteiger partial charge on any atom is 0.265 e. The Kier molecular flexibility index (Phi) is 5.99. The van der Waals surface area contributed by atoms with Gasteiger partial charge in [-0.15, -0.1) is 11.3 Å². The van der Waals surface area contributed by atoms with Crippen molar-refractivity contribution in [2.45, 2.75) is 41.2 Å². The molecule has 0 N–H and O–H groups in total. The lowest BCUT2D eigenvalue weighted by Crippen LogP contribution is -2.48. The van der Waals surface area contributed by atoms with Gasteiger partial charge in [0, 0.05) is 56.6 Å². The van der Waals surface area contributed by atoms with Crippen LogP contribution in [0.5, 0.6) is 0 Å². The van der Waals surface area contributed by atoms with E-state index < -0.39 is 0 Å². The second kappa shape index (κ2) is 8.55. The second-order valence-electron chi connectivity index (χ2n) is 8.59. The van der Waals surface area contributed by atoms with Crippen molar-refractivity contribution in [3.63, 3.8) is 0 Å². The van der Waals surface area contributed by atoms with Gasteiger partial charge in [-0.05, 0) is 40.2 Å². The van der Waals surface area contributed by atoms with Crippen molar-refractivity contribution in [3.05, 3.63) is 56.8 Å². The largest absolute Gasteiger partial charge is 0.335 e. The van der Waals surface area contributed by atoms with Crippen LogP contribution in [0.1, 0.15) is 43.4 Å². The number of amides is 1. The van der Waals surface area contributed by atoms with Crippen LogP contribution in [0.4, 0.5) is 0 Å². The van der Waals surface area contributed by atoms with Gasteiger partial charge in [-0.3, -0.25) is 14.4 Å². The average molecular weight is 438 g/mol. The molecule has 0 saturated carbocycles. The predicted molar refractivity (Wildman–Crippen MR) is 126 cm³/mol. The lowest BCUT2D eigenvalue weighted by Gasteiger charge is -2.34. The number of hydrogen-bond donors (Lipinski definition) is 0. The van der Waals surface area contributed by atoms with E-state index >= 15 is 0 Å². The van der Waals surface area contributed by atoms with Gasteiger partial charge in [0.25, 0.3) is 5.91 Å². The zero-order valence-corrected chi connectivity index (χ0v) is 20.1. The molecule has 31 heavy (non-hydrogen) atoms. The number of carbonyl (C=O) groups is 1. The molecule has 0 radical (unpaired) electrons. The van der Waals surface area contributed by atoms with Crippen molar-refractivity contribution >= 4 is 17.2 Å². The minimum Gasteiger partial charge on any atom is -0.335 e. The Balaban J connectivity index is 1.44. The number of aryl methyl sites for hydroxylation is 5. The molecule has 1 aromatic carbocycles. The van der Waals surface area contributed by atoms with E-state index in [-0.39, 0.29) is 5.91 Å². The van der Waals surface area contributed by atoms with Gasteiger partial charge in [-0.2, -0.15) is 5.10 Å². The fourth-order valence-electron chi connectivity index (χ4n) is 4.29. The monoisotopic (exact) mass is 437 g/mol. The zero-order chi connectivity index (χ0) is 22.3. The fourth-order valence-corrected chi connectivity index (χ4v) is 5.41. The molecule has 1 fully saturated rings. The first-order chi connectivity index (χ1) is 14.7. The summed E-state index contributed by atoms with van der Waals surface area (Å²) in [6.07, 6.45) is 0. The summed E-state index contributed by atoms with van der Waals surface area (Å²) in [5.41, 5.74) is 7.99. The number of rotatable bonds is 4. The molecule has 3 aromatic rings. The summed E-state index contributed by atoms with van der Waals surface area (Å²) in [7, 11) is 1.99. The molecule has 0 aliphatic carbocycles. The number of aromatic nitrogens is 3. The lowest BCUT2D eigenvalue weighted by molar-refractivity contribution is 0.0631. The lowest BCUT2D eigenvalue weighted by atomic mass is 10.1. The molecule has 0 bridgehead atoms. The standard InChI is InChI=1S/C24H31N5OS/c1-15-7-8-20(16(2)13-15)23-25-18(4)22(31-23)24(30)29-11-9-28(10-12-29)14-21-17(3)26-27(6)19(21)5/h7-8,13H,9-12,14H2,1-6H3. The van der Waals surface area contributed by atoms with Crippen LogP contribution in [0.25, 0.3) is 10.6 Å². The second-order valence-corrected chi connectivity index (χ2v) is 9.59. The predicted octanol–water partition coefficient (Wildman–Crippen LogP) is 4.04. The van der Waals surface area contributed by atoms with Crippen molar-refractivity contribution in [1.82, 2.24) is 24.6 Å². The number of carbonyl (C=O) groups excluding carboxylic acids is 1. The normalized spacial score (nSPS) is 15.0. The zero-order valence-electron chi connectivity index (χ0n) is 19.3. The summed E-state index contributed by atoms with van der Waals surface area (Å²) in [4.78, 5) is 23.1. The minimum absolute atomic E-state index is 0.111.